The maximum atomic E-state index is 6.46. The molecule has 0 unspecified atom stereocenters. The highest BCUT2D eigenvalue weighted by atomic mass is 35.5. The number of nitrogens with zero attached hydrogens (tertiary/aromatic N) is 2. The van der Waals surface area contributed by atoms with Crippen LogP contribution in [0.15, 0.2) is 91.0 Å². The van der Waals surface area contributed by atoms with Crippen molar-refractivity contribution in [2.75, 3.05) is 0 Å². The first kappa shape index (κ1) is 17.6. The predicted octanol–water partition coefficient (Wildman–Crippen LogP) is 7.99. The molecule has 6 rings (SSSR count). The number of hydrogen-bond donors (Lipinski definition) is 0. The molecule has 0 bridgehead atoms. The van der Waals surface area contributed by atoms with Gasteiger partial charge in [0.15, 0.2) is 5.82 Å². The van der Waals surface area contributed by atoms with Crippen LogP contribution in [0.3, 0.4) is 0 Å². The Labute approximate surface area is 182 Å². The molecule has 4 heteroatoms. The fraction of sp³-hybridized carbons (Fsp3) is 0. The van der Waals surface area contributed by atoms with Crippen molar-refractivity contribution in [1.82, 2.24) is 9.97 Å². The number of benzene rings is 4. The van der Waals surface area contributed by atoms with E-state index in [-0.39, 0.29) is 0 Å². The third kappa shape index (κ3) is 2.71. The Morgan fingerprint density at radius 2 is 1.37 bits per heavy atom. The fourth-order valence-corrected chi connectivity index (χ4v) is 5.36. The standard InChI is InChI=1S/C26H15ClN2S/c27-21-14-7-11-17-18(21)12-6-13-19(17)26-28-23(16-8-2-1-3-9-16)25-24(29-26)20-10-4-5-15-22(20)30-25/h1-15H. The molecule has 2 nitrogen and oxygen atoms in total. The Hall–Kier alpha value is -3.27. The van der Waals surface area contributed by atoms with Gasteiger partial charge < -0.3 is 0 Å². The average Bonchev–Trinajstić information content (AvgIpc) is 3.18. The Morgan fingerprint density at radius 1 is 0.633 bits per heavy atom. The lowest BCUT2D eigenvalue weighted by molar-refractivity contribution is 1.24. The van der Waals surface area contributed by atoms with Crippen LogP contribution in [-0.4, -0.2) is 9.97 Å². The summed E-state index contributed by atoms with van der Waals surface area (Å²) < 4.78 is 2.33. The van der Waals surface area contributed by atoms with Gasteiger partial charge in [0.1, 0.15) is 0 Å². The molecule has 0 amide bonds. The summed E-state index contributed by atoms with van der Waals surface area (Å²) >= 11 is 8.21. The second-order valence-electron chi connectivity index (χ2n) is 7.18. The Bertz CT molecular complexity index is 1550. The van der Waals surface area contributed by atoms with E-state index in [1.807, 2.05) is 42.5 Å². The molecule has 2 heterocycles. The van der Waals surface area contributed by atoms with Gasteiger partial charge in [-0.15, -0.1) is 11.3 Å². The van der Waals surface area contributed by atoms with E-state index >= 15 is 0 Å². The van der Waals surface area contributed by atoms with E-state index in [2.05, 4.69) is 48.5 Å². The lowest BCUT2D eigenvalue weighted by Crippen LogP contribution is -1.94. The maximum Gasteiger partial charge on any atom is 0.161 e. The van der Waals surface area contributed by atoms with E-state index in [1.165, 1.54) is 4.70 Å². The van der Waals surface area contributed by atoms with Gasteiger partial charge in [0.25, 0.3) is 0 Å². The van der Waals surface area contributed by atoms with Gasteiger partial charge in [-0.1, -0.05) is 90.5 Å². The van der Waals surface area contributed by atoms with Crippen LogP contribution in [0.2, 0.25) is 5.02 Å². The van der Waals surface area contributed by atoms with Gasteiger partial charge in [-0.05, 0) is 17.5 Å². The van der Waals surface area contributed by atoms with Gasteiger partial charge in [-0.25, -0.2) is 9.97 Å². The van der Waals surface area contributed by atoms with Gasteiger partial charge in [-0.2, -0.15) is 0 Å². The molecule has 142 valence electrons. The number of fused-ring (bicyclic) bond motifs is 4. The molecule has 2 aromatic heterocycles. The van der Waals surface area contributed by atoms with E-state index in [9.17, 15) is 0 Å². The highest BCUT2D eigenvalue weighted by Gasteiger charge is 2.17. The summed E-state index contributed by atoms with van der Waals surface area (Å²) in [4.78, 5) is 10.1. The minimum Gasteiger partial charge on any atom is -0.226 e. The molecular formula is C26H15ClN2S. The Kier molecular flexibility index (Phi) is 4.05. The number of aromatic nitrogens is 2. The zero-order chi connectivity index (χ0) is 20.1. The van der Waals surface area contributed by atoms with E-state index < -0.39 is 0 Å². The zero-order valence-electron chi connectivity index (χ0n) is 15.8. The molecule has 0 saturated carbocycles. The number of rotatable bonds is 2. The van der Waals surface area contributed by atoms with Crippen molar-refractivity contribution in [2.24, 2.45) is 0 Å². The van der Waals surface area contributed by atoms with Crippen molar-refractivity contribution in [3.05, 3.63) is 96.0 Å². The monoisotopic (exact) mass is 422 g/mol. The maximum absolute atomic E-state index is 6.46. The lowest BCUT2D eigenvalue weighted by Gasteiger charge is -2.10. The number of thiophene rings is 1. The number of hydrogen-bond acceptors (Lipinski definition) is 3. The highest BCUT2D eigenvalue weighted by Crippen LogP contribution is 2.40. The van der Waals surface area contributed by atoms with Crippen molar-refractivity contribution < 1.29 is 0 Å². The lowest BCUT2D eigenvalue weighted by atomic mass is 10.0. The molecule has 0 aliphatic carbocycles. The molecule has 0 radical (unpaired) electrons. The van der Waals surface area contributed by atoms with E-state index in [4.69, 9.17) is 21.6 Å². The summed E-state index contributed by atoms with van der Waals surface area (Å²) in [6.45, 7) is 0. The summed E-state index contributed by atoms with van der Waals surface area (Å²) in [6.07, 6.45) is 0. The van der Waals surface area contributed by atoms with Gasteiger partial charge in [0.05, 0.1) is 15.9 Å². The molecule has 0 atom stereocenters. The molecule has 0 spiro atoms. The Morgan fingerprint density at radius 3 is 2.27 bits per heavy atom. The molecule has 0 N–H and O–H groups in total. The molecular weight excluding hydrogens is 408 g/mol. The van der Waals surface area contributed by atoms with Crippen molar-refractivity contribution >= 4 is 54.0 Å². The molecule has 0 saturated heterocycles. The van der Waals surface area contributed by atoms with E-state index in [0.29, 0.717) is 0 Å². The van der Waals surface area contributed by atoms with E-state index in [1.54, 1.807) is 11.3 Å². The predicted molar refractivity (Wildman–Crippen MR) is 128 cm³/mol. The molecule has 6 aromatic rings. The van der Waals surface area contributed by atoms with Crippen LogP contribution in [0.1, 0.15) is 0 Å². The molecule has 4 aromatic carbocycles. The van der Waals surface area contributed by atoms with Gasteiger partial charge in [0, 0.05) is 31.6 Å². The normalized spacial score (nSPS) is 11.5. The van der Waals surface area contributed by atoms with Crippen molar-refractivity contribution in [1.29, 1.82) is 0 Å². The molecule has 30 heavy (non-hydrogen) atoms. The molecule has 0 fully saturated rings. The highest BCUT2D eigenvalue weighted by molar-refractivity contribution is 7.26. The van der Waals surface area contributed by atoms with Crippen LogP contribution in [0.4, 0.5) is 0 Å². The third-order valence-electron chi connectivity index (χ3n) is 5.38. The van der Waals surface area contributed by atoms with Gasteiger partial charge >= 0.3 is 0 Å². The quantitative estimate of drug-likeness (QED) is 0.282. The minimum atomic E-state index is 0.720. The van der Waals surface area contributed by atoms with Crippen LogP contribution in [0.25, 0.3) is 53.7 Å². The first-order valence-electron chi connectivity index (χ1n) is 9.72. The van der Waals surface area contributed by atoms with Crippen molar-refractivity contribution in [3.8, 4) is 22.6 Å². The van der Waals surface area contributed by atoms with Crippen molar-refractivity contribution in [3.63, 3.8) is 0 Å². The molecule has 0 aliphatic heterocycles. The average molecular weight is 423 g/mol. The summed E-state index contributed by atoms with van der Waals surface area (Å²) in [5.41, 5.74) is 4.05. The van der Waals surface area contributed by atoms with E-state index in [0.717, 1.165) is 54.0 Å². The summed E-state index contributed by atoms with van der Waals surface area (Å²) in [5, 5.41) is 3.97. The summed E-state index contributed by atoms with van der Waals surface area (Å²) in [7, 11) is 0. The first-order valence-corrected chi connectivity index (χ1v) is 10.9. The van der Waals surface area contributed by atoms with Crippen LogP contribution in [0, 0.1) is 0 Å². The summed E-state index contributed by atoms with van der Waals surface area (Å²) in [5.74, 6) is 0.720. The molecule has 0 aliphatic rings. The second-order valence-corrected chi connectivity index (χ2v) is 8.64. The smallest absolute Gasteiger partial charge is 0.161 e. The Balaban J connectivity index is 1.74. The minimum absolute atomic E-state index is 0.720. The second kappa shape index (κ2) is 6.91. The van der Waals surface area contributed by atoms with Crippen LogP contribution in [-0.2, 0) is 0 Å². The van der Waals surface area contributed by atoms with Crippen LogP contribution in [0.5, 0.6) is 0 Å². The largest absolute Gasteiger partial charge is 0.226 e. The van der Waals surface area contributed by atoms with Crippen molar-refractivity contribution in [2.45, 2.75) is 0 Å². The number of halogens is 1. The van der Waals surface area contributed by atoms with Gasteiger partial charge in [-0.3, -0.25) is 0 Å². The summed E-state index contributed by atoms with van der Waals surface area (Å²) in [6, 6.07) is 30.9. The fourth-order valence-electron chi connectivity index (χ4n) is 3.97. The first-order chi connectivity index (χ1) is 14.8. The van der Waals surface area contributed by atoms with Gasteiger partial charge in [0.2, 0.25) is 0 Å². The van der Waals surface area contributed by atoms with Crippen LogP contribution >= 0.6 is 22.9 Å². The zero-order valence-corrected chi connectivity index (χ0v) is 17.4. The topological polar surface area (TPSA) is 25.8 Å². The third-order valence-corrected chi connectivity index (χ3v) is 6.87. The SMILES string of the molecule is Clc1cccc2c(-c3nc(-c4ccccc4)c4sc5ccccc5c4n3)cccc12. The van der Waals surface area contributed by atoms with Crippen LogP contribution < -0.4 is 0 Å².